The standard InChI is InChI=1S/C16H10BrFN4OS/c17-11-3-1-10(2-4-11)15-19-20-16-22(15)21-14(24-16)9-23-13-7-5-12(18)6-8-13/h1-8H,9H2. The third-order valence-corrected chi connectivity index (χ3v) is 4.71. The van der Waals surface area contributed by atoms with Crippen LogP contribution in [0.4, 0.5) is 4.39 Å². The fraction of sp³-hybridized carbons (Fsp3) is 0.0625. The van der Waals surface area contributed by atoms with Gasteiger partial charge in [0.05, 0.1) is 0 Å². The molecule has 0 aliphatic carbocycles. The Morgan fingerprint density at radius 3 is 2.54 bits per heavy atom. The Bertz CT molecular complexity index is 982. The van der Waals surface area contributed by atoms with Gasteiger partial charge in [0.15, 0.2) is 10.8 Å². The van der Waals surface area contributed by atoms with Gasteiger partial charge in [-0.15, -0.1) is 10.2 Å². The van der Waals surface area contributed by atoms with Crippen LogP contribution in [-0.2, 0) is 6.61 Å². The van der Waals surface area contributed by atoms with Gasteiger partial charge in [-0.05, 0) is 36.4 Å². The van der Waals surface area contributed by atoms with Crippen LogP contribution in [0.5, 0.6) is 5.75 Å². The van der Waals surface area contributed by atoms with Gasteiger partial charge in [0.1, 0.15) is 18.2 Å². The van der Waals surface area contributed by atoms with E-state index in [-0.39, 0.29) is 5.82 Å². The summed E-state index contributed by atoms with van der Waals surface area (Å²) >= 11 is 4.82. The number of hydrogen-bond acceptors (Lipinski definition) is 5. The van der Waals surface area contributed by atoms with Crippen molar-refractivity contribution < 1.29 is 9.13 Å². The molecule has 0 aliphatic rings. The number of hydrogen-bond donors (Lipinski definition) is 0. The second kappa shape index (κ2) is 6.29. The minimum absolute atomic E-state index is 0.291. The van der Waals surface area contributed by atoms with Crippen molar-refractivity contribution >= 4 is 32.2 Å². The van der Waals surface area contributed by atoms with Crippen LogP contribution in [0, 0.1) is 5.82 Å². The Morgan fingerprint density at radius 2 is 1.79 bits per heavy atom. The van der Waals surface area contributed by atoms with Gasteiger partial charge < -0.3 is 4.74 Å². The summed E-state index contributed by atoms with van der Waals surface area (Å²) in [6.45, 7) is 0.291. The van der Waals surface area contributed by atoms with Crippen LogP contribution in [0.1, 0.15) is 5.01 Å². The molecule has 120 valence electrons. The number of ether oxygens (including phenoxy) is 1. The second-order valence-corrected chi connectivity index (χ2v) is 6.92. The highest BCUT2D eigenvalue weighted by Gasteiger charge is 2.13. The van der Waals surface area contributed by atoms with Gasteiger partial charge >= 0.3 is 0 Å². The molecule has 0 N–H and O–H groups in total. The first-order valence-electron chi connectivity index (χ1n) is 7.04. The van der Waals surface area contributed by atoms with Crippen molar-refractivity contribution in [2.45, 2.75) is 6.61 Å². The third-order valence-electron chi connectivity index (χ3n) is 3.31. The van der Waals surface area contributed by atoms with Crippen LogP contribution >= 0.6 is 27.3 Å². The highest BCUT2D eigenvalue weighted by atomic mass is 79.9. The van der Waals surface area contributed by atoms with Crippen LogP contribution in [-0.4, -0.2) is 19.8 Å². The average molecular weight is 405 g/mol. The third kappa shape index (κ3) is 3.02. The highest BCUT2D eigenvalue weighted by Crippen LogP contribution is 2.24. The number of aromatic nitrogens is 4. The molecule has 5 nitrogen and oxygen atoms in total. The van der Waals surface area contributed by atoms with Gasteiger partial charge in [0.25, 0.3) is 0 Å². The zero-order valence-corrected chi connectivity index (χ0v) is 14.6. The van der Waals surface area contributed by atoms with E-state index in [4.69, 9.17) is 4.74 Å². The molecule has 4 aromatic rings. The Labute approximate surface area is 148 Å². The number of benzene rings is 2. The minimum Gasteiger partial charge on any atom is -0.486 e. The van der Waals surface area contributed by atoms with Crippen molar-refractivity contribution in [2.75, 3.05) is 0 Å². The van der Waals surface area contributed by atoms with Crippen molar-refractivity contribution in [3.63, 3.8) is 0 Å². The van der Waals surface area contributed by atoms with E-state index in [2.05, 4.69) is 31.2 Å². The molecule has 8 heteroatoms. The summed E-state index contributed by atoms with van der Waals surface area (Å²) in [6, 6.07) is 13.7. The van der Waals surface area contributed by atoms with E-state index in [1.165, 1.54) is 23.5 Å². The predicted octanol–water partition coefficient (Wildman–Crippen LogP) is 4.33. The van der Waals surface area contributed by atoms with Gasteiger partial charge in [-0.1, -0.05) is 39.4 Å². The molecule has 0 saturated heterocycles. The van der Waals surface area contributed by atoms with Gasteiger partial charge in [0.2, 0.25) is 4.96 Å². The Kier molecular flexibility index (Phi) is 3.99. The smallest absolute Gasteiger partial charge is 0.235 e. The fourth-order valence-corrected chi connectivity index (χ4v) is 3.18. The van der Waals surface area contributed by atoms with E-state index in [0.717, 1.165) is 15.0 Å². The van der Waals surface area contributed by atoms with Crippen molar-refractivity contribution in [1.29, 1.82) is 0 Å². The normalized spacial score (nSPS) is 11.1. The molecular formula is C16H10BrFN4OS. The molecule has 0 saturated carbocycles. The molecule has 0 amide bonds. The first-order chi connectivity index (χ1) is 11.7. The van der Waals surface area contributed by atoms with Crippen LogP contribution in [0.2, 0.25) is 0 Å². The van der Waals surface area contributed by atoms with Gasteiger partial charge in [-0.25, -0.2) is 4.39 Å². The van der Waals surface area contributed by atoms with E-state index in [1.807, 2.05) is 24.3 Å². The Hall–Kier alpha value is -2.32. The highest BCUT2D eigenvalue weighted by molar-refractivity contribution is 9.10. The SMILES string of the molecule is Fc1ccc(OCc2nn3c(-c4ccc(Br)cc4)nnc3s2)cc1. The summed E-state index contributed by atoms with van der Waals surface area (Å²) < 4.78 is 21.2. The van der Waals surface area contributed by atoms with E-state index < -0.39 is 0 Å². The lowest BCUT2D eigenvalue weighted by atomic mass is 10.2. The van der Waals surface area contributed by atoms with Crippen LogP contribution < -0.4 is 4.74 Å². The first kappa shape index (κ1) is 15.2. The van der Waals surface area contributed by atoms with E-state index in [9.17, 15) is 4.39 Å². The largest absolute Gasteiger partial charge is 0.486 e. The van der Waals surface area contributed by atoms with Gasteiger partial charge in [-0.2, -0.15) is 9.61 Å². The number of halogens is 2. The van der Waals surface area contributed by atoms with Gasteiger partial charge in [-0.3, -0.25) is 0 Å². The van der Waals surface area contributed by atoms with Crippen LogP contribution in [0.15, 0.2) is 53.0 Å². The number of nitrogens with zero attached hydrogens (tertiary/aromatic N) is 4. The Morgan fingerprint density at radius 1 is 1.04 bits per heavy atom. The lowest BCUT2D eigenvalue weighted by molar-refractivity contribution is 0.303. The van der Waals surface area contributed by atoms with E-state index in [1.54, 1.807) is 16.6 Å². The first-order valence-corrected chi connectivity index (χ1v) is 8.65. The summed E-state index contributed by atoms with van der Waals surface area (Å²) in [7, 11) is 0. The molecule has 0 atom stereocenters. The topological polar surface area (TPSA) is 52.3 Å². The van der Waals surface area contributed by atoms with Crippen LogP contribution in [0.3, 0.4) is 0 Å². The lowest BCUT2D eigenvalue weighted by Crippen LogP contribution is -1.97. The lowest BCUT2D eigenvalue weighted by Gasteiger charge is -2.02. The summed E-state index contributed by atoms with van der Waals surface area (Å²) in [5.41, 5.74) is 0.932. The molecule has 4 rings (SSSR count). The zero-order chi connectivity index (χ0) is 16.5. The molecule has 2 heterocycles. The maximum atomic E-state index is 12.9. The second-order valence-electron chi connectivity index (χ2n) is 4.96. The number of fused-ring (bicyclic) bond motifs is 1. The van der Waals surface area contributed by atoms with Gasteiger partial charge in [0, 0.05) is 10.0 Å². The molecule has 0 spiro atoms. The van der Waals surface area contributed by atoms with Crippen molar-refractivity contribution in [2.24, 2.45) is 0 Å². The molecule has 0 unspecified atom stereocenters. The van der Waals surface area contributed by atoms with Crippen molar-refractivity contribution in [1.82, 2.24) is 19.8 Å². The summed E-state index contributed by atoms with van der Waals surface area (Å²) in [4.78, 5) is 0.700. The fourth-order valence-electron chi connectivity index (χ4n) is 2.17. The Balaban J connectivity index is 1.57. The molecule has 0 aliphatic heterocycles. The van der Waals surface area contributed by atoms with Crippen LogP contribution in [0.25, 0.3) is 16.3 Å². The predicted molar refractivity (Wildman–Crippen MR) is 92.5 cm³/mol. The van der Waals surface area contributed by atoms with E-state index in [0.29, 0.717) is 23.1 Å². The monoisotopic (exact) mass is 404 g/mol. The minimum atomic E-state index is -0.291. The molecule has 0 radical (unpaired) electrons. The zero-order valence-electron chi connectivity index (χ0n) is 12.2. The quantitative estimate of drug-likeness (QED) is 0.507. The summed E-state index contributed by atoms with van der Waals surface area (Å²) in [5.74, 6) is 0.984. The summed E-state index contributed by atoms with van der Waals surface area (Å²) in [6.07, 6.45) is 0. The molecule has 2 aromatic carbocycles. The maximum absolute atomic E-state index is 12.9. The molecule has 0 fully saturated rings. The summed E-state index contributed by atoms with van der Waals surface area (Å²) in [5, 5.41) is 13.6. The molecule has 24 heavy (non-hydrogen) atoms. The molecular weight excluding hydrogens is 395 g/mol. The van der Waals surface area contributed by atoms with Crippen molar-refractivity contribution in [3.8, 4) is 17.1 Å². The van der Waals surface area contributed by atoms with E-state index >= 15 is 0 Å². The number of rotatable bonds is 4. The maximum Gasteiger partial charge on any atom is 0.235 e. The molecule has 2 aromatic heterocycles. The molecule has 0 bridgehead atoms. The average Bonchev–Trinajstić information content (AvgIpc) is 3.15. The van der Waals surface area contributed by atoms with Crippen molar-refractivity contribution in [3.05, 3.63) is 63.8 Å².